The van der Waals surface area contributed by atoms with Crippen LogP contribution in [0.4, 0.5) is 0 Å². The van der Waals surface area contributed by atoms with E-state index in [-0.39, 0.29) is 12.1 Å². The molecule has 1 unspecified atom stereocenters. The van der Waals surface area contributed by atoms with Gasteiger partial charge in [0.05, 0.1) is 13.2 Å². The van der Waals surface area contributed by atoms with Crippen molar-refractivity contribution in [2.24, 2.45) is 0 Å². The van der Waals surface area contributed by atoms with Crippen LogP contribution in [0.3, 0.4) is 0 Å². The average Bonchev–Trinajstić information content (AvgIpc) is 2.29. The van der Waals surface area contributed by atoms with Crippen molar-refractivity contribution in [1.29, 1.82) is 0 Å². The Morgan fingerprint density at radius 3 is 2.76 bits per heavy atom. The third-order valence-electron chi connectivity index (χ3n) is 2.86. The first-order valence-corrected chi connectivity index (χ1v) is 6.15. The Labute approximate surface area is 104 Å². The van der Waals surface area contributed by atoms with Crippen LogP contribution >= 0.6 is 0 Å². The van der Waals surface area contributed by atoms with Crippen LogP contribution in [-0.2, 0) is 0 Å². The van der Waals surface area contributed by atoms with Crippen LogP contribution in [0.25, 0.3) is 0 Å². The Bertz CT molecular complexity index is 341. The highest BCUT2D eigenvalue weighted by atomic mass is 16.5. The van der Waals surface area contributed by atoms with E-state index in [0.717, 1.165) is 18.7 Å². The zero-order chi connectivity index (χ0) is 12.7. The van der Waals surface area contributed by atoms with Crippen molar-refractivity contribution in [2.75, 3.05) is 19.8 Å². The molecule has 0 heterocycles. The van der Waals surface area contributed by atoms with Crippen LogP contribution in [0.5, 0.6) is 5.75 Å². The summed E-state index contributed by atoms with van der Waals surface area (Å²) in [4.78, 5) is 0. The van der Waals surface area contributed by atoms with Gasteiger partial charge in [0.15, 0.2) is 0 Å². The summed E-state index contributed by atoms with van der Waals surface area (Å²) in [6, 6.07) is 8.00. The van der Waals surface area contributed by atoms with Crippen molar-refractivity contribution in [3.05, 3.63) is 29.8 Å². The van der Waals surface area contributed by atoms with Gasteiger partial charge in [-0.3, -0.25) is 0 Å². The van der Waals surface area contributed by atoms with Crippen LogP contribution in [0.1, 0.15) is 25.8 Å². The van der Waals surface area contributed by atoms with E-state index in [1.165, 1.54) is 5.56 Å². The Morgan fingerprint density at radius 1 is 1.41 bits per heavy atom. The van der Waals surface area contributed by atoms with Crippen molar-refractivity contribution in [1.82, 2.24) is 5.32 Å². The van der Waals surface area contributed by atoms with Gasteiger partial charge in [-0.15, -0.1) is 0 Å². The first-order chi connectivity index (χ1) is 8.09. The fourth-order valence-electron chi connectivity index (χ4n) is 1.75. The van der Waals surface area contributed by atoms with E-state index in [1.54, 1.807) is 0 Å². The zero-order valence-corrected chi connectivity index (χ0v) is 11.0. The van der Waals surface area contributed by atoms with E-state index < -0.39 is 0 Å². The summed E-state index contributed by atoms with van der Waals surface area (Å²) in [7, 11) is 0. The van der Waals surface area contributed by atoms with Gasteiger partial charge in [-0.2, -0.15) is 0 Å². The minimum absolute atomic E-state index is 0.123. The van der Waals surface area contributed by atoms with Crippen molar-refractivity contribution in [2.45, 2.75) is 32.7 Å². The molecule has 96 valence electrons. The maximum Gasteiger partial charge on any atom is 0.119 e. The number of aliphatic hydroxyl groups is 1. The van der Waals surface area contributed by atoms with E-state index in [1.807, 2.05) is 45.0 Å². The van der Waals surface area contributed by atoms with Gasteiger partial charge in [0.2, 0.25) is 0 Å². The van der Waals surface area contributed by atoms with E-state index in [4.69, 9.17) is 4.74 Å². The number of hydrogen-bond donors (Lipinski definition) is 2. The molecule has 0 spiro atoms. The van der Waals surface area contributed by atoms with Gasteiger partial charge in [-0.05, 0) is 38.1 Å². The fourth-order valence-corrected chi connectivity index (χ4v) is 1.75. The smallest absolute Gasteiger partial charge is 0.119 e. The molecule has 0 aliphatic carbocycles. The van der Waals surface area contributed by atoms with Crippen LogP contribution in [0.2, 0.25) is 0 Å². The highest BCUT2D eigenvalue weighted by Gasteiger charge is 2.21. The zero-order valence-electron chi connectivity index (χ0n) is 11.0. The second kappa shape index (κ2) is 6.62. The van der Waals surface area contributed by atoms with Gasteiger partial charge in [-0.1, -0.05) is 19.1 Å². The molecule has 0 bridgehead atoms. The van der Waals surface area contributed by atoms with Gasteiger partial charge < -0.3 is 15.2 Å². The van der Waals surface area contributed by atoms with E-state index in [2.05, 4.69) is 5.32 Å². The first kappa shape index (κ1) is 14.0. The van der Waals surface area contributed by atoms with Gasteiger partial charge in [-0.25, -0.2) is 0 Å². The van der Waals surface area contributed by atoms with Crippen molar-refractivity contribution in [3.8, 4) is 5.75 Å². The summed E-state index contributed by atoms with van der Waals surface area (Å²) in [6.07, 6.45) is 0.783. The Hall–Kier alpha value is -1.06. The molecule has 0 fully saturated rings. The maximum absolute atomic E-state index is 9.34. The lowest BCUT2D eigenvalue weighted by atomic mass is 10.00. The van der Waals surface area contributed by atoms with Crippen molar-refractivity contribution in [3.63, 3.8) is 0 Å². The summed E-state index contributed by atoms with van der Waals surface area (Å²) in [5, 5.41) is 12.6. The highest BCUT2D eigenvalue weighted by molar-refractivity contribution is 5.27. The molecule has 0 aromatic heterocycles. The molecular formula is C14H23NO2. The predicted octanol–water partition coefficient (Wildman–Crippen LogP) is 2.12. The van der Waals surface area contributed by atoms with E-state index in [9.17, 15) is 5.11 Å². The monoisotopic (exact) mass is 237 g/mol. The molecular weight excluding hydrogens is 214 g/mol. The molecule has 0 radical (unpaired) electrons. The molecule has 3 nitrogen and oxygen atoms in total. The van der Waals surface area contributed by atoms with Crippen molar-refractivity contribution < 1.29 is 9.84 Å². The minimum atomic E-state index is -0.251. The molecule has 0 aliphatic heterocycles. The summed E-state index contributed by atoms with van der Waals surface area (Å²) in [5.74, 6) is 0.891. The molecule has 3 heteroatoms. The average molecular weight is 237 g/mol. The molecule has 1 rings (SSSR count). The summed E-state index contributed by atoms with van der Waals surface area (Å²) < 4.78 is 5.68. The molecule has 0 aliphatic rings. The normalized spacial score (nSPS) is 14.4. The van der Waals surface area contributed by atoms with E-state index in [0.29, 0.717) is 6.61 Å². The summed E-state index contributed by atoms with van der Waals surface area (Å²) in [6.45, 7) is 7.67. The van der Waals surface area contributed by atoms with Gasteiger partial charge >= 0.3 is 0 Å². The first-order valence-electron chi connectivity index (χ1n) is 6.15. The number of ether oxygens (including phenoxy) is 1. The molecule has 0 saturated carbocycles. The quantitative estimate of drug-likeness (QED) is 0.763. The molecule has 0 saturated heterocycles. The van der Waals surface area contributed by atoms with Gasteiger partial charge in [0, 0.05) is 12.0 Å². The highest BCUT2D eigenvalue weighted by Crippen LogP contribution is 2.14. The third kappa shape index (κ3) is 4.75. The lowest BCUT2D eigenvalue weighted by molar-refractivity contribution is 0.146. The molecule has 1 atom stereocenters. The number of nitrogens with one attached hydrogen (secondary N) is 1. The number of aryl methyl sites for hydroxylation is 1. The number of likely N-dealkylation sites (N-methyl/N-ethyl adjacent to an activating group) is 1. The molecule has 17 heavy (non-hydrogen) atoms. The summed E-state index contributed by atoms with van der Waals surface area (Å²) >= 11 is 0. The number of aliphatic hydroxyl groups excluding tert-OH is 1. The maximum atomic E-state index is 9.34. The second-order valence-corrected chi connectivity index (χ2v) is 4.66. The molecule has 2 N–H and O–H groups in total. The van der Waals surface area contributed by atoms with Gasteiger partial charge in [0.1, 0.15) is 5.75 Å². The van der Waals surface area contributed by atoms with Crippen LogP contribution in [-0.4, -0.2) is 30.4 Å². The fraction of sp³-hybridized carbons (Fsp3) is 0.571. The standard InChI is InChI=1S/C14H23NO2/c1-4-15-14(3,11-16)8-9-17-13-7-5-6-12(2)10-13/h5-7,10,15-16H,4,8-9,11H2,1-3H3. The summed E-state index contributed by atoms with van der Waals surface area (Å²) in [5.41, 5.74) is 0.942. The van der Waals surface area contributed by atoms with Gasteiger partial charge in [0.25, 0.3) is 0 Å². The molecule has 0 amide bonds. The Kier molecular flexibility index (Phi) is 5.45. The number of benzene rings is 1. The topological polar surface area (TPSA) is 41.5 Å². The van der Waals surface area contributed by atoms with E-state index >= 15 is 0 Å². The molecule has 1 aromatic carbocycles. The van der Waals surface area contributed by atoms with Crippen molar-refractivity contribution >= 4 is 0 Å². The van der Waals surface area contributed by atoms with Crippen LogP contribution in [0, 0.1) is 6.92 Å². The minimum Gasteiger partial charge on any atom is -0.494 e. The van der Waals surface area contributed by atoms with Crippen LogP contribution < -0.4 is 10.1 Å². The van der Waals surface area contributed by atoms with Crippen LogP contribution in [0.15, 0.2) is 24.3 Å². The third-order valence-corrected chi connectivity index (χ3v) is 2.86. The lowest BCUT2D eigenvalue weighted by Gasteiger charge is -2.28. The number of rotatable bonds is 7. The molecule has 1 aromatic rings. The predicted molar refractivity (Wildman–Crippen MR) is 70.5 cm³/mol. The second-order valence-electron chi connectivity index (χ2n) is 4.66. The lowest BCUT2D eigenvalue weighted by Crippen LogP contribution is -2.46. The Morgan fingerprint density at radius 2 is 2.18 bits per heavy atom. The number of hydrogen-bond acceptors (Lipinski definition) is 3. The Balaban J connectivity index is 2.41. The largest absolute Gasteiger partial charge is 0.494 e. The SMILES string of the molecule is CCNC(C)(CO)CCOc1cccc(C)c1.